The van der Waals surface area contributed by atoms with Crippen molar-refractivity contribution in [3.05, 3.63) is 177 Å². The predicted molar refractivity (Wildman–Crippen MR) is 271 cm³/mol. The summed E-state index contributed by atoms with van der Waals surface area (Å²) in [7, 11) is -1.70. The van der Waals surface area contributed by atoms with Gasteiger partial charge in [-0.05, 0) is 146 Å². The van der Waals surface area contributed by atoms with Crippen LogP contribution in [-0.2, 0) is 64.8 Å². The van der Waals surface area contributed by atoms with Crippen molar-refractivity contribution in [1.29, 1.82) is 0 Å². The summed E-state index contributed by atoms with van der Waals surface area (Å²) >= 11 is 12.0. The van der Waals surface area contributed by atoms with E-state index in [1.54, 1.807) is 72.8 Å². The summed E-state index contributed by atoms with van der Waals surface area (Å²) in [5.74, 6) is -0.549. The monoisotopic (exact) mass is 1050 g/mol. The smallest absolute Gasteiger partial charge is 0.331 e. The fourth-order valence-corrected chi connectivity index (χ4v) is 11.6. The van der Waals surface area contributed by atoms with Gasteiger partial charge in [0.25, 0.3) is 0 Å². The summed E-state index contributed by atoms with van der Waals surface area (Å²) in [5.41, 5.74) is 4.24. The maximum absolute atomic E-state index is 14.1. The molecule has 0 spiro atoms. The molecule has 0 saturated carbocycles. The molecule has 0 bridgehead atoms. The van der Waals surface area contributed by atoms with E-state index in [1.165, 1.54) is 38.5 Å². The predicted octanol–water partition coefficient (Wildman–Crippen LogP) is 9.24. The van der Waals surface area contributed by atoms with E-state index in [2.05, 4.69) is 0 Å². The van der Waals surface area contributed by atoms with E-state index in [9.17, 15) is 26.4 Å². The Morgan fingerprint density at radius 2 is 0.917 bits per heavy atom. The highest BCUT2D eigenvalue weighted by Crippen LogP contribution is 2.39. The molecule has 2 aliphatic heterocycles. The maximum Gasteiger partial charge on any atom is 0.331 e. The number of methoxy groups -OCH3 is 2. The van der Waals surface area contributed by atoms with E-state index in [-0.39, 0.29) is 57.4 Å². The van der Waals surface area contributed by atoms with Gasteiger partial charge >= 0.3 is 11.9 Å². The van der Waals surface area contributed by atoms with Crippen molar-refractivity contribution in [2.24, 2.45) is 0 Å². The number of carbonyl (C=O) groups is 2. The van der Waals surface area contributed by atoms with Crippen LogP contribution in [0.5, 0.6) is 23.0 Å². The molecule has 0 aromatic heterocycles. The fourth-order valence-electron chi connectivity index (χ4n) is 8.45. The molecular formula is C54H52Cl2N2O12S2. The van der Waals surface area contributed by atoms with Gasteiger partial charge in [-0.3, -0.25) is 0 Å². The van der Waals surface area contributed by atoms with Crippen LogP contribution in [0, 0.1) is 0 Å². The van der Waals surface area contributed by atoms with Gasteiger partial charge in [0.1, 0.15) is 58.2 Å². The molecule has 0 amide bonds. The highest BCUT2D eigenvalue weighted by atomic mass is 35.5. The molecule has 6 aromatic rings. The van der Waals surface area contributed by atoms with E-state index < -0.39 is 43.8 Å². The topological polar surface area (TPSA) is 164 Å². The first kappa shape index (κ1) is 51.9. The lowest BCUT2D eigenvalue weighted by atomic mass is 10.0. The lowest BCUT2D eigenvalue weighted by Crippen LogP contribution is -2.26. The number of hydrogen-bond acceptors (Lipinski definition) is 14. The van der Waals surface area contributed by atoms with Crippen LogP contribution in [0.4, 0.5) is 0 Å². The van der Waals surface area contributed by atoms with Crippen molar-refractivity contribution in [2.45, 2.75) is 57.8 Å². The quantitative estimate of drug-likeness (QED) is 0.0666. The molecule has 72 heavy (non-hydrogen) atoms. The Bertz CT molecular complexity index is 2970. The number of benzene rings is 6. The Morgan fingerprint density at radius 1 is 0.556 bits per heavy atom. The first-order valence-corrected chi connectivity index (χ1v) is 26.6. The van der Waals surface area contributed by atoms with Crippen LogP contribution in [0.1, 0.15) is 45.6 Å². The Hall–Kier alpha value is -6.40. The van der Waals surface area contributed by atoms with Gasteiger partial charge in [-0.25, -0.2) is 26.4 Å². The zero-order valence-corrected chi connectivity index (χ0v) is 43.0. The highest BCUT2D eigenvalue weighted by Gasteiger charge is 2.32. The van der Waals surface area contributed by atoms with E-state index >= 15 is 0 Å². The number of carbonyl (C=O) groups excluding carboxylic acids is 2. The number of rotatable bonds is 16. The van der Waals surface area contributed by atoms with Gasteiger partial charge in [-0.2, -0.15) is 0 Å². The van der Waals surface area contributed by atoms with Gasteiger partial charge < -0.3 is 38.2 Å². The number of likely N-dealkylation sites (N-methyl/N-ethyl adjacent to an activating group) is 2. The second-order valence-electron chi connectivity index (χ2n) is 17.4. The van der Waals surface area contributed by atoms with Gasteiger partial charge in [0.15, 0.2) is 0 Å². The van der Waals surface area contributed by atoms with Crippen molar-refractivity contribution in [3.63, 3.8) is 0 Å². The number of sulfone groups is 2. The van der Waals surface area contributed by atoms with Crippen LogP contribution >= 0.6 is 23.2 Å². The lowest BCUT2D eigenvalue weighted by molar-refractivity contribution is -0.147. The molecule has 0 N–H and O–H groups in total. The second-order valence-corrected chi connectivity index (χ2v) is 22.1. The van der Waals surface area contributed by atoms with E-state index in [4.69, 9.17) is 51.6 Å². The van der Waals surface area contributed by atoms with Crippen LogP contribution in [-0.4, -0.2) is 93.1 Å². The minimum atomic E-state index is -4.08. The Labute approximate surface area is 429 Å². The zero-order valence-electron chi connectivity index (χ0n) is 39.9. The van der Waals surface area contributed by atoms with E-state index in [1.807, 2.05) is 48.2 Å². The number of fused-ring (bicyclic) bond motifs is 2. The average Bonchev–Trinajstić information content (AvgIpc) is 3.63. The Kier molecular flexibility index (Phi) is 16.3. The molecule has 2 unspecified atom stereocenters. The molecular weight excluding hydrogens is 1000 g/mol. The molecule has 0 aliphatic carbocycles. The molecule has 6 aromatic carbocycles. The van der Waals surface area contributed by atoms with Crippen LogP contribution in [0.25, 0.3) is 0 Å². The van der Waals surface area contributed by atoms with Crippen LogP contribution in [0.2, 0.25) is 10.0 Å². The SMILES string of the molecule is COc1cc2c(cc1S(=O)(=O)c1ccc(OCc3ccc(Cl)cc3)cc1)CCN(C)CC2OC(=O)/C=C\C(=O)OC1CN(C)CCc2cc(S(=O)(=O)c3ccc(OCc4ccc(Cl)cc4)cc3)c(OC)cc21. The Balaban J connectivity index is 0.946. The maximum atomic E-state index is 14.1. The number of nitrogens with zero attached hydrogens (tertiary/aromatic N) is 2. The molecule has 376 valence electrons. The second kappa shape index (κ2) is 22.6. The zero-order chi connectivity index (χ0) is 51.2. The molecule has 0 fully saturated rings. The van der Waals surface area contributed by atoms with Crippen LogP contribution in [0.15, 0.2) is 153 Å². The molecule has 14 nitrogen and oxygen atoms in total. The van der Waals surface area contributed by atoms with Gasteiger partial charge in [0, 0.05) is 59.5 Å². The molecule has 8 rings (SSSR count). The standard InChI is InChI=1S/C54H52Cl2N2O12S2/c1-57-25-23-37-27-51(71(61,62)43-17-13-41(14-18-43)67-33-35-5-9-39(55)10-6-35)47(65-3)29-45(37)49(31-57)69-53(59)21-22-54(60)70-50-32-58(2)26-24-38-28-52(48(66-4)30-46(38)50)72(63,64)44-19-15-42(16-20-44)68-34-36-7-11-40(56)12-8-36/h5-22,27-30,49-50H,23-26,31-34H2,1-4H3/b22-21-. The molecule has 18 heteroatoms. The lowest BCUT2D eigenvalue weighted by Gasteiger charge is -2.23. The molecule has 2 aliphatic rings. The van der Waals surface area contributed by atoms with Gasteiger partial charge in [0.05, 0.1) is 24.0 Å². The van der Waals surface area contributed by atoms with Gasteiger partial charge in [0.2, 0.25) is 19.7 Å². The minimum Gasteiger partial charge on any atom is -0.495 e. The van der Waals surface area contributed by atoms with Crippen molar-refractivity contribution in [2.75, 3.05) is 54.5 Å². The van der Waals surface area contributed by atoms with E-state index in [0.717, 1.165) is 23.3 Å². The summed E-state index contributed by atoms with van der Waals surface area (Å²) in [6.07, 6.45) is 1.17. The molecule has 2 atom stereocenters. The summed E-state index contributed by atoms with van der Waals surface area (Å²) in [6, 6.07) is 33.0. The first-order chi connectivity index (χ1) is 34.5. The van der Waals surface area contributed by atoms with Crippen molar-refractivity contribution < 1.29 is 54.8 Å². The van der Waals surface area contributed by atoms with Crippen molar-refractivity contribution >= 4 is 54.8 Å². The molecule has 0 saturated heterocycles. The normalized spacial score (nSPS) is 16.4. The Morgan fingerprint density at radius 3 is 1.26 bits per heavy atom. The first-order valence-electron chi connectivity index (χ1n) is 22.8. The molecule has 2 heterocycles. The molecule has 0 radical (unpaired) electrons. The average molecular weight is 1060 g/mol. The summed E-state index contributed by atoms with van der Waals surface area (Å²) in [5, 5.41) is 1.22. The number of ether oxygens (including phenoxy) is 6. The highest BCUT2D eigenvalue weighted by molar-refractivity contribution is 7.92. The van der Waals surface area contributed by atoms with Crippen LogP contribution < -0.4 is 18.9 Å². The van der Waals surface area contributed by atoms with E-state index in [0.29, 0.717) is 69.7 Å². The van der Waals surface area contributed by atoms with Gasteiger partial charge in [-0.1, -0.05) is 47.5 Å². The minimum absolute atomic E-state index is 0.0388. The summed E-state index contributed by atoms with van der Waals surface area (Å²) < 4.78 is 91.4. The number of hydrogen-bond donors (Lipinski definition) is 0. The number of esters is 2. The third-order valence-corrected chi connectivity index (χ3v) is 16.5. The number of halogens is 2. The largest absolute Gasteiger partial charge is 0.495 e. The summed E-state index contributed by atoms with van der Waals surface area (Å²) in [6.45, 7) is 2.18. The third-order valence-electron chi connectivity index (χ3n) is 12.4. The van der Waals surface area contributed by atoms with Crippen molar-refractivity contribution in [3.8, 4) is 23.0 Å². The summed E-state index contributed by atoms with van der Waals surface area (Å²) in [4.78, 5) is 30.8. The fraction of sp³-hybridized carbons (Fsp3) is 0.259. The third kappa shape index (κ3) is 12.3. The van der Waals surface area contributed by atoms with Gasteiger partial charge in [-0.15, -0.1) is 0 Å². The van der Waals surface area contributed by atoms with Crippen molar-refractivity contribution in [1.82, 2.24) is 9.80 Å². The van der Waals surface area contributed by atoms with Crippen LogP contribution in [0.3, 0.4) is 0 Å².